The summed E-state index contributed by atoms with van der Waals surface area (Å²) in [4.78, 5) is 19.0. The van der Waals surface area contributed by atoms with Crippen LogP contribution in [0, 0.1) is 12.8 Å². The molecule has 1 unspecified atom stereocenters. The van der Waals surface area contributed by atoms with Crippen LogP contribution in [0.25, 0.3) is 0 Å². The Labute approximate surface area is 138 Å². The molecule has 2 aliphatic rings. The summed E-state index contributed by atoms with van der Waals surface area (Å²) in [6, 6.07) is 2.23. The lowest BCUT2D eigenvalue weighted by atomic mass is 9.94. The van der Waals surface area contributed by atoms with Gasteiger partial charge in [0.2, 0.25) is 5.91 Å². The van der Waals surface area contributed by atoms with Gasteiger partial charge >= 0.3 is 0 Å². The smallest absolute Gasteiger partial charge is 0.223 e. The van der Waals surface area contributed by atoms with E-state index in [-0.39, 0.29) is 23.5 Å². The van der Waals surface area contributed by atoms with Crippen LogP contribution in [0.2, 0.25) is 0 Å². The molecule has 1 N–H and O–H groups in total. The van der Waals surface area contributed by atoms with Gasteiger partial charge in [-0.1, -0.05) is 0 Å². The third kappa shape index (κ3) is 3.83. The molecule has 0 bridgehead atoms. The maximum atomic E-state index is 12.5. The molecule has 23 heavy (non-hydrogen) atoms. The maximum absolute atomic E-state index is 12.5. The van der Waals surface area contributed by atoms with Crippen molar-refractivity contribution in [1.82, 2.24) is 10.3 Å². The molecule has 1 aromatic rings. The van der Waals surface area contributed by atoms with Crippen LogP contribution in [0.15, 0.2) is 18.5 Å². The van der Waals surface area contributed by atoms with Crippen LogP contribution in [0.3, 0.4) is 0 Å². The van der Waals surface area contributed by atoms with E-state index in [1.54, 1.807) is 0 Å². The zero-order chi connectivity index (χ0) is 16.4. The quantitative estimate of drug-likeness (QED) is 0.929. The molecule has 2 fully saturated rings. The molecule has 0 aromatic carbocycles. The average Bonchev–Trinajstić information content (AvgIpc) is 2.87. The van der Waals surface area contributed by atoms with E-state index in [0.29, 0.717) is 6.61 Å². The van der Waals surface area contributed by atoms with E-state index in [1.807, 2.05) is 12.4 Å². The van der Waals surface area contributed by atoms with Gasteiger partial charge < -0.3 is 15.0 Å². The molecule has 0 aliphatic carbocycles. The van der Waals surface area contributed by atoms with Gasteiger partial charge in [0.1, 0.15) is 0 Å². The lowest BCUT2D eigenvalue weighted by molar-refractivity contribution is -0.126. The van der Waals surface area contributed by atoms with Crippen molar-refractivity contribution in [3.05, 3.63) is 24.0 Å². The summed E-state index contributed by atoms with van der Waals surface area (Å²) in [5.41, 5.74) is 2.32. The average molecular weight is 317 g/mol. The lowest BCUT2D eigenvalue weighted by Crippen LogP contribution is -2.44. The summed E-state index contributed by atoms with van der Waals surface area (Å²) < 4.78 is 5.70. The number of carbonyl (C=O) groups is 1. The van der Waals surface area contributed by atoms with Crippen LogP contribution in [0.5, 0.6) is 0 Å². The second kappa shape index (κ2) is 6.48. The summed E-state index contributed by atoms with van der Waals surface area (Å²) in [6.07, 6.45) is 6.45. The molecule has 5 heteroatoms. The van der Waals surface area contributed by atoms with E-state index in [2.05, 4.69) is 42.0 Å². The number of hydrogen-bond acceptors (Lipinski definition) is 4. The van der Waals surface area contributed by atoms with Crippen LogP contribution >= 0.6 is 0 Å². The predicted octanol–water partition coefficient (Wildman–Crippen LogP) is 2.29. The molecule has 1 amide bonds. The van der Waals surface area contributed by atoms with Gasteiger partial charge in [-0.05, 0) is 51.7 Å². The minimum Gasteiger partial charge on any atom is -0.373 e. The molecule has 2 saturated heterocycles. The molecule has 3 heterocycles. The van der Waals surface area contributed by atoms with Crippen molar-refractivity contribution < 1.29 is 9.53 Å². The van der Waals surface area contributed by atoms with E-state index >= 15 is 0 Å². The molecule has 2 aliphatic heterocycles. The fourth-order valence-electron chi connectivity index (χ4n) is 3.65. The standard InChI is InChI=1S/C18H27N3O2/c1-13-11-19-7-4-16(13)21-8-5-14(6-9-21)17(22)20-15-10-18(2,3)23-12-15/h4,7,11,14-15H,5-6,8-10,12H2,1-3H3,(H,20,22). The van der Waals surface area contributed by atoms with E-state index in [4.69, 9.17) is 4.74 Å². The molecule has 1 aromatic heterocycles. The number of pyridine rings is 1. The molecule has 0 radical (unpaired) electrons. The second-order valence-corrected chi connectivity index (χ2v) is 7.40. The molecule has 5 nitrogen and oxygen atoms in total. The summed E-state index contributed by atoms with van der Waals surface area (Å²) in [5.74, 6) is 0.319. The molecular formula is C18H27N3O2. The van der Waals surface area contributed by atoms with Crippen molar-refractivity contribution in [2.24, 2.45) is 5.92 Å². The van der Waals surface area contributed by atoms with Crippen LogP contribution in [0.4, 0.5) is 5.69 Å². The Morgan fingerprint density at radius 1 is 1.39 bits per heavy atom. The van der Waals surface area contributed by atoms with E-state index in [1.165, 1.54) is 11.3 Å². The number of hydrogen-bond donors (Lipinski definition) is 1. The molecule has 0 saturated carbocycles. The fraction of sp³-hybridized carbons (Fsp3) is 0.667. The Bertz CT molecular complexity index is 565. The van der Waals surface area contributed by atoms with E-state index in [0.717, 1.165) is 32.4 Å². The van der Waals surface area contributed by atoms with Crippen molar-refractivity contribution in [2.45, 2.75) is 51.7 Å². The van der Waals surface area contributed by atoms with Crippen LogP contribution in [-0.4, -0.2) is 42.2 Å². The van der Waals surface area contributed by atoms with Crippen molar-refractivity contribution in [3.8, 4) is 0 Å². The Balaban J connectivity index is 1.51. The van der Waals surface area contributed by atoms with Gasteiger partial charge in [0.05, 0.1) is 18.2 Å². The first-order chi connectivity index (χ1) is 10.9. The Morgan fingerprint density at radius 2 is 2.13 bits per heavy atom. The van der Waals surface area contributed by atoms with Crippen LogP contribution < -0.4 is 10.2 Å². The zero-order valence-corrected chi connectivity index (χ0v) is 14.3. The molecule has 1 atom stereocenters. The van der Waals surface area contributed by atoms with Crippen molar-refractivity contribution >= 4 is 11.6 Å². The summed E-state index contributed by atoms with van der Waals surface area (Å²) in [5, 5.41) is 3.18. The lowest BCUT2D eigenvalue weighted by Gasteiger charge is -2.34. The van der Waals surface area contributed by atoms with Gasteiger partial charge in [-0.3, -0.25) is 9.78 Å². The Hall–Kier alpha value is -1.62. The number of aryl methyl sites for hydroxylation is 1. The van der Waals surface area contributed by atoms with Crippen molar-refractivity contribution in [3.63, 3.8) is 0 Å². The maximum Gasteiger partial charge on any atom is 0.223 e. The number of aromatic nitrogens is 1. The minimum absolute atomic E-state index is 0.111. The van der Waals surface area contributed by atoms with Crippen LogP contribution in [-0.2, 0) is 9.53 Å². The number of rotatable bonds is 3. The van der Waals surface area contributed by atoms with Gasteiger partial charge in [-0.15, -0.1) is 0 Å². The molecule has 126 valence electrons. The fourth-order valence-corrected chi connectivity index (χ4v) is 3.65. The zero-order valence-electron chi connectivity index (χ0n) is 14.3. The largest absolute Gasteiger partial charge is 0.373 e. The third-order valence-electron chi connectivity index (χ3n) is 4.96. The molecule has 3 rings (SSSR count). The summed E-state index contributed by atoms with van der Waals surface area (Å²) in [7, 11) is 0. The highest BCUT2D eigenvalue weighted by molar-refractivity contribution is 5.79. The first-order valence-electron chi connectivity index (χ1n) is 8.54. The SMILES string of the molecule is Cc1cnccc1N1CCC(C(=O)NC2COC(C)(C)C2)CC1. The second-order valence-electron chi connectivity index (χ2n) is 7.40. The third-order valence-corrected chi connectivity index (χ3v) is 4.96. The number of ether oxygens (including phenoxy) is 1. The van der Waals surface area contributed by atoms with Gasteiger partial charge in [-0.25, -0.2) is 0 Å². The van der Waals surface area contributed by atoms with Gasteiger partial charge in [0.15, 0.2) is 0 Å². The molecular weight excluding hydrogens is 290 g/mol. The van der Waals surface area contributed by atoms with Gasteiger partial charge in [0.25, 0.3) is 0 Å². The monoisotopic (exact) mass is 317 g/mol. The number of piperidine rings is 1. The van der Waals surface area contributed by atoms with E-state index < -0.39 is 0 Å². The predicted molar refractivity (Wildman–Crippen MR) is 90.5 cm³/mol. The minimum atomic E-state index is -0.111. The van der Waals surface area contributed by atoms with Gasteiger partial charge in [-0.2, -0.15) is 0 Å². The number of nitrogens with one attached hydrogen (secondary N) is 1. The first-order valence-corrected chi connectivity index (χ1v) is 8.54. The van der Waals surface area contributed by atoms with Crippen molar-refractivity contribution in [2.75, 3.05) is 24.6 Å². The Kier molecular flexibility index (Phi) is 4.57. The number of amides is 1. The summed E-state index contributed by atoms with van der Waals surface area (Å²) in [6.45, 7) is 8.73. The molecule has 0 spiro atoms. The number of nitrogens with zero attached hydrogens (tertiary/aromatic N) is 2. The highest BCUT2D eigenvalue weighted by Crippen LogP contribution is 2.27. The number of anilines is 1. The highest BCUT2D eigenvalue weighted by Gasteiger charge is 2.34. The van der Waals surface area contributed by atoms with Crippen LogP contribution in [0.1, 0.15) is 38.7 Å². The van der Waals surface area contributed by atoms with Gasteiger partial charge in [0, 0.05) is 37.1 Å². The first kappa shape index (κ1) is 16.2. The topological polar surface area (TPSA) is 54.5 Å². The highest BCUT2D eigenvalue weighted by atomic mass is 16.5. The van der Waals surface area contributed by atoms with E-state index in [9.17, 15) is 4.79 Å². The Morgan fingerprint density at radius 3 is 2.74 bits per heavy atom. The normalized spacial score (nSPS) is 24.7. The van der Waals surface area contributed by atoms with Crippen molar-refractivity contribution in [1.29, 1.82) is 0 Å². The summed E-state index contributed by atoms with van der Waals surface area (Å²) >= 11 is 0. The number of carbonyl (C=O) groups excluding carboxylic acids is 1.